The lowest BCUT2D eigenvalue weighted by Gasteiger charge is -2.22. The third-order valence-electron chi connectivity index (χ3n) is 3.05. The van der Waals surface area contributed by atoms with Crippen molar-refractivity contribution in [1.29, 1.82) is 0 Å². The number of rotatable bonds is 7. The smallest absolute Gasteiger partial charge is 0.290 e. The molecule has 4 heteroatoms. The van der Waals surface area contributed by atoms with Crippen LogP contribution >= 0.6 is 0 Å². The maximum Gasteiger partial charge on any atom is 0.290 e. The van der Waals surface area contributed by atoms with Gasteiger partial charge >= 0.3 is 0 Å². The highest BCUT2D eigenvalue weighted by molar-refractivity contribution is 5.32. The number of hydrogen-bond donors (Lipinski definition) is 2. The van der Waals surface area contributed by atoms with Crippen LogP contribution in [-0.2, 0) is 4.79 Å². The van der Waals surface area contributed by atoms with E-state index in [1.807, 2.05) is 64.1 Å². The van der Waals surface area contributed by atoms with Crippen molar-refractivity contribution in [2.75, 3.05) is 6.61 Å². The van der Waals surface area contributed by atoms with E-state index in [0.29, 0.717) is 13.0 Å². The standard InChI is InChI=1S/C14H22O2.C5H8.C2H6.CH2O2/c1-4-9-14(3,15)10-11-16-13-7-5-12(2)6-8-13;1-3-5-4-2;1-2;2-1-3/h5-8,15H,4,9-11H2,1-3H3;3-5H,1H2,2H3;1-2H3;1H,(H,2,3)/b;5-4-;;. The molecular weight excluding hydrogens is 328 g/mol. The van der Waals surface area contributed by atoms with E-state index in [2.05, 4.69) is 20.4 Å². The molecule has 0 fully saturated rings. The maximum atomic E-state index is 9.96. The third-order valence-corrected chi connectivity index (χ3v) is 3.05. The molecule has 0 aliphatic rings. The molecule has 0 aliphatic heterocycles. The molecule has 0 aliphatic carbocycles. The summed E-state index contributed by atoms with van der Waals surface area (Å²) >= 11 is 0. The van der Waals surface area contributed by atoms with Crippen LogP contribution in [-0.4, -0.2) is 28.9 Å². The number of carbonyl (C=O) groups is 1. The zero-order valence-electron chi connectivity index (χ0n) is 17.4. The molecule has 1 rings (SSSR count). The predicted octanol–water partition coefficient (Wildman–Crippen LogP) is 5.79. The SMILES string of the molecule is C=C/C=C\C.CC.CCCC(C)(O)CCOc1ccc(C)cc1.O=CO. The second-order valence-electron chi connectivity index (χ2n) is 5.53. The Labute approximate surface area is 160 Å². The van der Waals surface area contributed by atoms with Crippen LogP contribution in [0.1, 0.15) is 59.4 Å². The lowest BCUT2D eigenvalue weighted by Crippen LogP contribution is -2.26. The van der Waals surface area contributed by atoms with Crippen molar-refractivity contribution in [3.05, 3.63) is 54.6 Å². The van der Waals surface area contributed by atoms with Gasteiger partial charge in [-0.05, 0) is 39.3 Å². The first-order valence-electron chi connectivity index (χ1n) is 9.10. The third kappa shape index (κ3) is 21.9. The number of carboxylic acid groups (broad SMARTS) is 1. The summed E-state index contributed by atoms with van der Waals surface area (Å²) in [5, 5.41) is 16.8. The summed E-state index contributed by atoms with van der Waals surface area (Å²) in [4.78, 5) is 8.36. The van der Waals surface area contributed by atoms with Gasteiger partial charge in [0, 0.05) is 6.42 Å². The van der Waals surface area contributed by atoms with Crippen LogP contribution in [0.25, 0.3) is 0 Å². The fourth-order valence-electron chi connectivity index (χ4n) is 1.82. The lowest BCUT2D eigenvalue weighted by atomic mass is 9.97. The Bertz CT molecular complexity index is 448. The Morgan fingerprint density at radius 1 is 1.19 bits per heavy atom. The van der Waals surface area contributed by atoms with Crippen LogP contribution in [0, 0.1) is 6.92 Å². The molecule has 0 bridgehead atoms. The van der Waals surface area contributed by atoms with Crippen molar-refractivity contribution in [1.82, 2.24) is 0 Å². The van der Waals surface area contributed by atoms with Gasteiger partial charge in [0.2, 0.25) is 0 Å². The lowest BCUT2D eigenvalue weighted by molar-refractivity contribution is -0.122. The summed E-state index contributed by atoms with van der Waals surface area (Å²) in [6, 6.07) is 7.98. The highest BCUT2D eigenvalue weighted by Crippen LogP contribution is 2.18. The molecule has 150 valence electrons. The average Bonchev–Trinajstić information content (AvgIpc) is 2.60. The Kier molecular flexibility index (Phi) is 23.2. The molecule has 0 radical (unpaired) electrons. The first kappa shape index (κ1) is 28.7. The van der Waals surface area contributed by atoms with Crippen LogP contribution in [0.5, 0.6) is 5.75 Å². The van der Waals surface area contributed by atoms with Gasteiger partial charge in [-0.1, -0.05) is 69.7 Å². The Balaban J connectivity index is -0.000000441. The summed E-state index contributed by atoms with van der Waals surface area (Å²) < 4.78 is 5.58. The molecule has 0 spiro atoms. The van der Waals surface area contributed by atoms with Crippen molar-refractivity contribution in [2.45, 2.75) is 66.4 Å². The predicted molar refractivity (Wildman–Crippen MR) is 112 cm³/mol. The minimum Gasteiger partial charge on any atom is -0.493 e. The Morgan fingerprint density at radius 3 is 2.04 bits per heavy atom. The first-order valence-corrected chi connectivity index (χ1v) is 9.10. The minimum atomic E-state index is -0.598. The topological polar surface area (TPSA) is 66.8 Å². The molecule has 2 N–H and O–H groups in total. The van der Waals surface area contributed by atoms with E-state index in [0.717, 1.165) is 18.6 Å². The number of allylic oxidation sites excluding steroid dienone is 3. The molecule has 0 aromatic heterocycles. The van der Waals surface area contributed by atoms with Crippen molar-refractivity contribution in [2.24, 2.45) is 0 Å². The van der Waals surface area contributed by atoms with Gasteiger partial charge in [0.25, 0.3) is 6.47 Å². The van der Waals surface area contributed by atoms with Crippen LogP contribution in [0.2, 0.25) is 0 Å². The van der Waals surface area contributed by atoms with E-state index < -0.39 is 5.60 Å². The van der Waals surface area contributed by atoms with Crippen LogP contribution in [0.15, 0.2) is 49.1 Å². The molecule has 1 aromatic carbocycles. The van der Waals surface area contributed by atoms with Crippen molar-refractivity contribution in [3.63, 3.8) is 0 Å². The fraction of sp³-hybridized carbons (Fsp3) is 0.500. The second kappa shape index (κ2) is 21.0. The summed E-state index contributed by atoms with van der Waals surface area (Å²) in [6.07, 6.45) is 8.07. The number of aryl methyl sites for hydroxylation is 1. The molecule has 1 aromatic rings. The Morgan fingerprint density at radius 2 is 1.69 bits per heavy atom. The van der Waals surface area contributed by atoms with Crippen LogP contribution in [0.3, 0.4) is 0 Å². The summed E-state index contributed by atoms with van der Waals surface area (Å²) in [7, 11) is 0. The van der Waals surface area contributed by atoms with Gasteiger partial charge in [0.1, 0.15) is 5.75 Å². The molecule has 1 unspecified atom stereocenters. The minimum absolute atomic E-state index is 0.250. The maximum absolute atomic E-state index is 9.96. The molecule has 0 saturated carbocycles. The zero-order chi connectivity index (χ0) is 20.8. The largest absolute Gasteiger partial charge is 0.493 e. The number of ether oxygens (including phenoxy) is 1. The van der Waals surface area contributed by atoms with Gasteiger partial charge in [-0.25, -0.2) is 0 Å². The monoisotopic (exact) mass is 366 g/mol. The van der Waals surface area contributed by atoms with E-state index in [1.165, 1.54) is 5.56 Å². The summed E-state index contributed by atoms with van der Waals surface area (Å²) in [5.41, 5.74) is 0.629. The molecule has 26 heavy (non-hydrogen) atoms. The molecule has 0 amide bonds. The van der Waals surface area contributed by atoms with Gasteiger partial charge in [-0.3, -0.25) is 4.79 Å². The molecule has 4 nitrogen and oxygen atoms in total. The molecule has 0 saturated heterocycles. The van der Waals surface area contributed by atoms with Crippen molar-refractivity contribution in [3.8, 4) is 5.75 Å². The second-order valence-corrected chi connectivity index (χ2v) is 5.53. The van der Waals surface area contributed by atoms with Gasteiger partial charge < -0.3 is 14.9 Å². The Hall–Kier alpha value is -2.07. The van der Waals surface area contributed by atoms with Crippen LogP contribution in [0.4, 0.5) is 0 Å². The fourth-order valence-corrected chi connectivity index (χ4v) is 1.82. The average molecular weight is 367 g/mol. The molecular formula is C22H38O4. The van der Waals surface area contributed by atoms with E-state index >= 15 is 0 Å². The number of aliphatic hydroxyl groups is 1. The summed E-state index contributed by atoms with van der Waals surface area (Å²) in [5.74, 6) is 0.873. The van der Waals surface area contributed by atoms with E-state index in [4.69, 9.17) is 14.6 Å². The first-order chi connectivity index (χ1) is 12.4. The van der Waals surface area contributed by atoms with Gasteiger partial charge in [-0.2, -0.15) is 0 Å². The normalized spacial score (nSPS) is 11.3. The van der Waals surface area contributed by atoms with Gasteiger partial charge in [0.15, 0.2) is 0 Å². The highest BCUT2D eigenvalue weighted by Gasteiger charge is 2.18. The van der Waals surface area contributed by atoms with Gasteiger partial charge in [-0.15, -0.1) is 0 Å². The highest BCUT2D eigenvalue weighted by atomic mass is 16.5. The number of hydrogen-bond acceptors (Lipinski definition) is 3. The van der Waals surface area contributed by atoms with Gasteiger partial charge in [0.05, 0.1) is 12.2 Å². The number of benzene rings is 1. The molecule has 1 atom stereocenters. The van der Waals surface area contributed by atoms with Crippen LogP contribution < -0.4 is 4.74 Å². The quantitative estimate of drug-likeness (QED) is 0.473. The summed E-state index contributed by atoms with van der Waals surface area (Å²) in [6.45, 7) is 15.7. The van der Waals surface area contributed by atoms with Crippen molar-refractivity contribution < 1.29 is 19.7 Å². The van der Waals surface area contributed by atoms with E-state index in [9.17, 15) is 5.11 Å². The van der Waals surface area contributed by atoms with E-state index in [-0.39, 0.29) is 6.47 Å². The van der Waals surface area contributed by atoms with Crippen molar-refractivity contribution >= 4 is 6.47 Å². The molecule has 0 heterocycles. The zero-order valence-corrected chi connectivity index (χ0v) is 17.4. The van der Waals surface area contributed by atoms with E-state index in [1.54, 1.807) is 6.08 Å².